The van der Waals surface area contributed by atoms with Gasteiger partial charge in [-0.3, -0.25) is 19.0 Å². The van der Waals surface area contributed by atoms with Crippen molar-refractivity contribution < 1.29 is 22.8 Å². The number of hydrogen-bond donors (Lipinski definition) is 2. The van der Waals surface area contributed by atoms with E-state index in [1.54, 1.807) is 29.2 Å². The molecule has 0 spiro atoms. The minimum Gasteiger partial charge on any atom is -0.339 e. The number of alkyl halides is 3. The maximum atomic E-state index is 13.3. The maximum absolute atomic E-state index is 13.3. The van der Waals surface area contributed by atoms with E-state index in [9.17, 15) is 22.8 Å². The molecule has 3 aromatic heterocycles. The molecule has 0 saturated heterocycles. The lowest BCUT2D eigenvalue weighted by Crippen LogP contribution is -2.50. The van der Waals surface area contributed by atoms with Gasteiger partial charge in [0.1, 0.15) is 17.6 Å². The van der Waals surface area contributed by atoms with Crippen LogP contribution in [0.1, 0.15) is 48.7 Å². The summed E-state index contributed by atoms with van der Waals surface area (Å²) in [6.45, 7) is 4.22. The molecular formula is C25H30F3N7O2. The zero-order valence-corrected chi connectivity index (χ0v) is 20.9. The summed E-state index contributed by atoms with van der Waals surface area (Å²) in [6.07, 6.45) is 0.742. The Kier molecular flexibility index (Phi) is 7.65. The summed E-state index contributed by atoms with van der Waals surface area (Å²) in [7, 11) is 1.82. The van der Waals surface area contributed by atoms with Crippen molar-refractivity contribution in [3.05, 3.63) is 48.0 Å². The number of carbonyl (C=O) groups excluding carboxylic acids is 2. The first-order valence-electron chi connectivity index (χ1n) is 12.2. The van der Waals surface area contributed by atoms with Gasteiger partial charge in [-0.05, 0) is 69.2 Å². The van der Waals surface area contributed by atoms with E-state index >= 15 is 0 Å². The lowest BCUT2D eigenvalue weighted by atomic mass is 9.78. The molecule has 1 aliphatic rings. The molecular weight excluding hydrogens is 487 g/mol. The minimum absolute atomic E-state index is 0.0856. The number of pyridine rings is 1. The molecule has 0 aliphatic heterocycles. The van der Waals surface area contributed by atoms with Crippen LogP contribution in [0.5, 0.6) is 0 Å². The Morgan fingerprint density at radius 1 is 1.11 bits per heavy atom. The third-order valence-electron chi connectivity index (χ3n) is 6.93. The number of nitrogens with one attached hydrogen (secondary N) is 2. The van der Waals surface area contributed by atoms with Crippen LogP contribution >= 0.6 is 0 Å². The summed E-state index contributed by atoms with van der Waals surface area (Å²) in [4.78, 5) is 30.7. The summed E-state index contributed by atoms with van der Waals surface area (Å²) < 4.78 is 42.8. The van der Waals surface area contributed by atoms with E-state index in [1.807, 2.05) is 20.9 Å². The highest BCUT2D eigenvalue weighted by molar-refractivity contribution is 6.00. The number of halogens is 3. The van der Waals surface area contributed by atoms with E-state index in [0.29, 0.717) is 6.54 Å². The van der Waals surface area contributed by atoms with E-state index in [0.717, 1.165) is 16.8 Å². The van der Waals surface area contributed by atoms with Gasteiger partial charge in [0, 0.05) is 31.5 Å². The van der Waals surface area contributed by atoms with E-state index in [-0.39, 0.29) is 37.2 Å². The second kappa shape index (κ2) is 10.7. The van der Waals surface area contributed by atoms with Crippen molar-refractivity contribution in [2.24, 2.45) is 18.9 Å². The fourth-order valence-corrected chi connectivity index (χ4v) is 4.94. The molecule has 9 nitrogen and oxygen atoms in total. The first-order valence-corrected chi connectivity index (χ1v) is 12.2. The van der Waals surface area contributed by atoms with E-state index in [2.05, 4.69) is 25.8 Å². The lowest BCUT2D eigenvalue weighted by Gasteiger charge is -2.34. The normalized spacial score (nSPS) is 18.9. The van der Waals surface area contributed by atoms with Crippen LogP contribution in [0.3, 0.4) is 0 Å². The zero-order valence-electron chi connectivity index (χ0n) is 20.9. The Bertz CT molecular complexity index is 1220. The van der Waals surface area contributed by atoms with Crippen LogP contribution in [-0.2, 0) is 18.4 Å². The summed E-state index contributed by atoms with van der Waals surface area (Å²) in [5.74, 6) is -2.60. The standard InChI is InChI=1S/C25H30F3N7O2/c1-4-35-19(11-12-30-35)23(36)33-21(16-5-8-18(9-6-16)25(26,27)28)24(37)32-20-10-7-17(14-29-20)22-15(2)13-31-34(22)3/h7,10-14,16,18,21H,4-6,8-9H2,1-3H3,(H,33,36)(H,29,32,37). The van der Waals surface area contributed by atoms with Crippen LogP contribution in [-0.4, -0.2) is 48.6 Å². The Morgan fingerprint density at radius 3 is 2.41 bits per heavy atom. The number of amides is 2. The molecule has 0 aromatic carbocycles. The Balaban J connectivity index is 1.52. The first-order chi connectivity index (χ1) is 17.6. The van der Waals surface area contributed by atoms with Crippen LogP contribution in [0.15, 0.2) is 36.8 Å². The monoisotopic (exact) mass is 517 g/mol. The van der Waals surface area contributed by atoms with Crippen LogP contribution in [0, 0.1) is 18.8 Å². The van der Waals surface area contributed by atoms with Gasteiger partial charge < -0.3 is 10.6 Å². The van der Waals surface area contributed by atoms with Gasteiger partial charge in [0.2, 0.25) is 5.91 Å². The topological polar surface area (TPSA) is 107 Å². The number of anilines is 1. The Hall–Kier alpha value is -3.70. The number of hydrogen-bond acceptors (Lipinski definition) is 5. The van der Waals surface area contributed by atoms with Gasteiger partial charge in [-0.25, -0.2) is 4.98 Å². The summed E-state index contributed by atoms with van der Waals surface area (Å²) in [5, 5.41) is 13.8. The average molecular weight is 518 g/mol. The minimum atomic E-state index is -4.27. The molecule has 1 saturated carbocycles. The molecule has 3 heterocycles. The first kappa shape index (κ1) is 26.4. The third kappa shape index (κ3) is 5.83. The van der Waals surface area contributed by atoms with Crippen molar-refractivity contribution in [2.45, 2.75) is 58.3 Å². The molecule has 1 unspecified atom stereocenters. The smallest absolute Gasteiger partial charge is 0.339 e. The largest absolute Gasteiger partial charge is 0.391 e. The van der Waals surface area contributed by atoms with E-state index in [1.165, 1.54) is 16.9 Å². The molecule has 2 amide bonds. The van der Waals surface area contributed by atoms with Crippen LogP contribution in [0.4, 0.5) is 19.0 Å². The van der Waals surface area contributed by atoms with Crippen LogP contribution < -0.4 is 10.6 Å². The van der Waals surface area contributed by atoms with Gasteiger partial charge in [-0.2, -0.15) is 23.4 Å². The van der Waals surface area contributed by atoms with Gasteiger partial charge in [-0.1, -0.05) is 0 Å². The van der Waals surface area contributed by atoms with Gasteiger partial charge in [0.15, 0.2) is 0 Å². The van der Waals surface area contributed by atoms with Gasteiger partial charge >= 0.3 is 6.18 Å². The van der Waals surface area contributed by atoms with Crippen molar-refractivity contribution in [1.82, 2.24) is 29.9 Å². The molecule has 1 fully saturated rings. The van der Waals surface area contributed by atoms with Crippen molar-refractivity contribution in [2.75, 3.05) is 5.32 Å². The number of aromatic nitrogens is 5. The highest BCUT2D eigenvalue weighted by atomic mass is 19.4. The van der Waals surface area contributed by atoms with Crippen molar-refractivity contribution in [1.29, 1.82) is 0 Å². The highest BCUT2D eigenvalue weighted by Crippen LogP contribution is 2.40. The number of nitrogens with zero attached hydrogens (tertiary/aromatic N) is 5. The molecule has 2 N–H and O–H groups in total. The quantitative estimate of drug-likeness (QED) is 0.491. The van der Waals surface area contributed by atoms with Gasteiger partial charge in [-0.15, -0.1) is 0 Å². The van der Waals surface area contributed by atoms with Crippen molar-refractivity contribution in [3.8, 4) is 11.3 Å². The summed E-state index contributed by atoms with van der Waals surface area (Å²) in [6, 6.07) is 3.96. The molecule has 0 bridgehead atoms. The molecule has 37 heavy (non-hydrogen) atoms. The number of aryl methyl sites for hydroxylation is 3. The van der Waals surface area contributed by atoms with Gasteiger partial charge in [0.25, 0.3) is 5.91 Å². The Labute approximate surface area is 212 Å². The maximum Gasteiger partial charge on any atom is 0.391 e. The molecule has 198 valence electrons. The predicted octanol–water partition coefficient (Wildman–Crippen LogP) is 4.11. The second-order valence-electron chi connectivity index (χ2n) is 9.36. The van der Waals surface area contributed by atoms with Crippen LogP contribution in [0.25, 0.3) is 11.3 Å². The summed E-state index contributed by atoms with van der Waals surface area (Å²) in [5.41, 5.74) is 2.96. The summed E-state index contributed by atoms with van der Waals surface area (Å²) >= 11 is 0. The van der Waals surface area contributed by atoms with Crippen molar-refractivity contribution >= 4 is 17.6 Å². The Morgan fingerprint density at radius 2 is 1.84 bits per heavy atom. The molecule has 4 rings (SSSR count). The average Bonchev–Trinajstić information content (AvgIpc) is 3.48. The predicted molar refractivity (Wildman–Crippen MR) is 130 cm³/mol. The SMILES string of the molecule is CCn1nccc1C(=O)NC(C(=O)Nc1ccc(-c2c(C)cnn2C)cn1)C1CCC(C(F)(F)F)CC1. The molecule has 12 heteroatoms. The fraction of sp³-hybridized carbons (Fsp3) is 0.480. The van der Waals surface area contributed by atoms with Crippen molar-refractivity contribution in [3.63, 3.8) is 0 Å². The van der Waals surface area contributed by atoms with E-state index < -0.39 is 35.9 Å². The lowest BCUT2D eigenvalue weighted by molar-refractivity contribution is -0.184. The molecule has 1 aliphatic carbocycles. The number of carbonyl (C=O) groups is 2. The fourth-order valence-electron chi connectivity index (χ4n) is 4.94. The molecule has 0 radical (unpaired) electrons. The number of rotatable bonds is 7. The van der Waals surface area contributed by atoms with Gasteiger partial charge in [0.05, 0.1) is 17.8 Å². The molecule has 3 aromatic rings. The second-order valence-corrected chi connectivity index (χ2v) is 9.36. The van der Waals surface area contributed by atoms with E-state index in [4.69, 9.17) is 0 Å². The van der Waals surface area contributed by atoms with Crippen LogP contribution in [0.2, 0.25) is 0 Å². The highest BCUT2D eigenvalue weighted by Gasteiger charge is 2.44. The molecule has 1 atom stereocenters. The third-order valence-corrected chi connectivity index (χ3v) is 6.93. The zero-order chi connectivity index (χ0) is 26.7.